The summed E-state index contributed by atoms with van der Waals surface area (Å²) in [6, 6.07) is 7.09. The Labute approximate surface area is 168 Å². The summed E-state index contributed by atoms with van der Waals surface area (Å²) in [5.74, 6) is -1.18. The number of benzene rings is 1. The summed E-state index contributed by atoms with van der Waals surface area (Å²) in [4.78, 5) is 16.6. The average Bonchev–Trinajstić information content (AvgIpc) is 3.21. The molecule has 2 aliphatic carbocycles. The first kappa shape index (κ1) is 18.5. The Morgan fingerprint density at radius 1 is 1.14 bits per heavy atom. The van der Waals surface area contributed by atoms with E-state index in [2.05, 4.69) is 14.7 Å². The molecule has 152 valence electrons. The van der Waals surface area contributed by atoms with Gasteiger partial charge in [0.25, 0.3) is 5.91 Å². The van der Waals surface area contributed by atoms with Crippen molar-refractivity contribution in [3.8, 4) is 0 Å². The Balaban J connectivity index is 1.15. The maximum Gasteiger partial charge on any atom is 0.449 e. The Kier molecular flexibility index (Phi) is 4.00. The first-order valence-corrected chi connectivity index (χ1v) is 9.63. The van der Waals surface area contributed by atoms with E-state index in [1.807, 2.05) is 6.07 Å². The van der Waals surface area contributed by atoms with Gasteiger partial charge < -0.3 is 14.2 Å². The number of carbonyl (C=O) groups is 1. The molecule has 29 heavy (non-hydrogen) atoms. The highest BCUT2D eigenvalue weighted by Gasteiger charge is 2.54. The number of nitrogens with one attached hydrogen (secondary N) is 1. The minimum absolute atomic E-state index is 0.0645. The van der Waals surface area contributed by atoms with Crippen molar-refractivity contribution in [3.05, 3.63) is 52.8 Å². The summed E-state index contributed by atoms with van der Waals surface area (Å²) >= 11 is 5.97. The zero-order valence-electron chi connectivity index (χ0n) is 15.1. The molecule has 0 atom stereocenters. The summed E-state index contributed by atoms with van der Waals surface area (Å²) in [5, 5.41) is 3.35. The van der Waals surface area contributed by atoms with Gasteiger partial charge in [-0.2, -0.15) is 13.2 Å². The number of carbonyl (C=O) groups excluding carboxylic acids is 1. The first-order chi connectivity index (χ1) is 13.7. The van der Waals surface area contributed by atoms with Gasteiger partial charge in [0, 0.05) is 23.0 Å². The molecule has 0 bridgehead atoms. The number of hydrogen-bond donors (Lipinski definition) is 1. The van der Waals surface area contributed by atoms with Crippen molar-refractivity contribution in [2.45, 2.75) is 43.8 Å². The van der Waals surface area contributed by atoms with Crippen LogP contribution < -0.4 is 5.32 Å². The van der Waals surface area contributed by atoms with Crippen LogP contribution in [-0.2, 0) is 6.18 Å². The van der Waals surface area contributed by atoms with Crippen molar-refractivity contribution < 1.29 is 26.8 Å². The predicted octanol–water partition coefficient (Wildman–Crippen LogP) is 5.55. The fraction of sp³-hybridized carbons (Fsp3) is 0.400. The summed E-state index contributed by atoms with van der Waals surface area (Å²) in [7, 11) is 0. The summed E-state index contributed by atoms with van der Waals surface area (Å²) < 4.78 is 48.2. The first-order valence-electron chi connectivity index (χ1n) is 9.25. The third-order valence-electron chi connectivity index (χ3n) is 5.88. The van der Waals surface area contributed by atoms with Crippen LogP contribution in [0.1, 0.15) is 53.8 Å². The molecule has 1 aromatic carbocycles. The highest BCUT2D eigenvalue weighted by Crippen LogP contribution is 2.61. The highest BCUT2D eigenvalue weighted by molar-refractivity contribution is 6.31. The maximum absolute atomic E-state index is 12.6. The molecule has 2 aromatic heterocycles. The van der Waals surface area contributed by atoms with Crippen molar-refractivity contribution in [2.75, 3.05) is 0 Å². The molecule has 1 spiro atoms. The van der Waals surface area contributed by atoms with Gasteiger partial charge in [0.2, 0.25) is 5.76 Å². The molecule has 2 saturated carbocycles. The second kappa shape index (κ2) is 6.26. The van der Waals surface area contributed by atoms with E-state index < -0.39 is 17.8 Å². The van der Waals surface area contributed by atoms with Crippen LogP contribution in [0.25, 0.3) is 11.1 Å². The molecule has 5 nitrogen and oxygen atoms in total. The van der Waals surface area contributed by atoms with Gasteiger partial charge >= 0.3 is 6.18 Å². The molecule has 2 aliphatic rings. The van der Waals surface area contributed by atoms with Crippen molar-refractivity contribution in [3.63, 3.8) is 0 Å². The third kappa shape index (κ3) is 3.29. The van der Waals surface area contributed by atoms with Gasteiger partial charge in [-0.3, -0.25) is 4.79 Å². The molecule has 0 unspecified atom stereocenters. The van der Waals surface area contributed by atoms with Crippen LogP contribution in [0, 0.1) is 5.41 Å². The smallest absolute Gasteiger partial charge is 0.446 e. The standard InChI is InChI=1S/C20H16ClF3N2O3/c21-11-1-2-13-15(5-11)29-18(26-13)10-6-19(7-10)8-12(9-19)25-17(27)14-3-4-16(28-14)20(22,23)24/h1-5,10,12H,6-9H2,(H,25,27). The van der Waals surface area contributed by atoms with Gasteiger partial charge in [0.15, 0.2) is 17.2 Å². The van der Waals surface area contributed by atoms with Gasteiger partial charge in [-0.15, -0.1) is 0 Å². The van der Waals surface area contributed by atoms with Crippen LogP contribution in [0.3, 0.4) is 0 Å². The lowest BCUT2D eigenvalue weighted by molar-refractivity contribution is -0.153. The number of hydrogen-bond acceptors (Lipinski definition) is 4. The summed E-state index contributed by atoms with van der Waals surface area (Å²) in [6.07, 6.45) is -1.20. The number of oxazole rings is 1. The van der Waals surface area contributed by atoms with Gasteiger partial charge in [0.05, 0.1) is 0 Å². The molecule has 5 rings (SSSR count). The fourth-order valence-electron chi connectivity index (χ4n) is 4.54. The van der Waals surface area contributed by atoms with Gasteiger partial charge in [-0.05, 0) is 55.4 Å². The van der Waals surface area contributed by atoms with Gasteiger partial charge in [-0.1, -0.05) is 11.6 Å². The molecular formula is C20H16ClF3N2O3. The summed E-state index contributed by atoms with van der Waals surface area (Å²) in [6.45, 7) is 0. The van der Waals surface area contributed by atoms with Crippen molar-refractivity contribution >= 4 is 28.6 Å². The van der Waals surface area contributed by atoms with Crippen molar-refractivity contribution in [1.82, 2.24) is 10.3 Å². The number of rotatable bonds is 3. The van der Waals surface area contributed by atoms with E-state index >= 15 is 0 Å². The molecule has 2 fully saturated rings. The Morgan fingerprint density at radius 2 is 1.90 bits per heavy atom. The number of alkyl halides is 3. The number of halogens is 4. The quantitative estimate of drug-likeness (QED) is 0.598. The Bertz CT molecular complexity index is 1090. The van der Waals surface area contributed by atoms with Crippen LogP contribution in [0.2, 0.25) is 5.02 Å². The molecule has 1 N–H and O–H groups in total. The molecule has 0 radical (unpaired) electrons. The average molecular weight is 425 g/mol. The zero-order chi connectivity index (χ0) is 20.4. The largest absolute Gasteiger partial charge is 0.449 e. The van der Waals surface area contributed by atoms with Crippen molar-refractivity contribution in [2.24, 2.45) is 5.41 Å². The number of aromatic nitrogens is 1. The van der Waals surface area contributed by atoms with Crippen molar-refractivity contribution in [1.29, 1.82) is 0 Å². The zero-order valence-corrected chi connectivity index (χ0v) is 15.8. The van der Waals surface area contributed by atoms with Crippen LogP contribution in [0.4, 0.5) is 13.2 Å². The minimum Gasteiger partial charge on any atom is -0.446 e. The minimum atomic E-state index is -4.60. The predicted molar refractivity (Wildman–Crippen MR) is 97.6 cm³/mol. The van der Waals surface area contributed by atoms with E-state index in [-0.39, 0.29) is 23.1 Å². The lowest BCUT2D eigenvalue weighted by Crippen LogP contribution is -2.55. The van der Waals surface area contributed by atoms with Crippen LogP contribution in [0.5, 0.6) is 0 Å². The summed E-state index contributed by atoms with van der Waals surface area (Å²) in [5.41, 5.74) is 1.59. The van der Waals surface area contributed by atoms with E-state index in [9.17, 15) is 18.0 Å². The molecular weight excluding hydrogens is 409 g/mol. The Morgan fingerprint density at radius 3 is 2.59 bits per heavy atom. The molecule has 2 heterocycles. The fourth-order valence-corrected chi connectivity index (χ4v) is 4.70. The van der Waals surface area contributed by atoms with Gasteiger partial charge in [-0.25, -0.2) is 4.98 Å². The van der Waals surface area contributed by atoms with Crippen LogP contribution in [0.15, 0.2) is 39.2 Å². The van der Waals surface area contributed by atoms with E-state index in [0.29, 0.717) is 16.5 Å². The van der Waals surface area contributed by atoms with Gasteiger partial charge in [0.1, 0.15) is 5.52 Å². The molecule has 9 heteroatoms. The van der Waals surface area contributed by atoms with E-state index in [1.54, 1.807) is 12.1 Å². The number of furan rings is 1. The number of amides is 1. The molecule has 1 amide bonds. The van der Waals surface area contributed by atoms with E-state index in [4.69, 9.17) is 16.0 Å². The van der Waals surface area contributed by atoms with E-state index in [1.165, 1.54) is 0 Å². The lowest BCUT2D eigenvalue weighted by atomic mass is 9.50. The van der Waals surface area contributed by atoms with Crippen LogP contribution in [-0.4, -0.2) is 16.9 Å². The number of fused-ring (bicyclic) bond motifs is 1. The highest BCUT2D eigenvalue weighted by atomic mass is 35.5. The Hall–Kier alpha value is -2.48. The molecule has 0 saturated heterocycles. The van der Waals surface area contributed by atoms with Crippen LogP contribution >= 0.6 is 11.6 Å². The third-order valence-corrected chi connectivity index (χ3v) is 6.11. The molecule has 0 aliphatic heterocycles. The SMILES string of the molecule is O=C(NC1CC2(C1)CC(c1nc3ccc(Cl)cc3o1)C2)c1ccc(C(F)(F)F)o1. The number of nitrogens with zero attached hydrogens (tertiary/aromatic N) is 1. The maximum atomic E-state index is 12.6. The second-order valence-corrected chi connectivity index (χ2v) is 8.45. The topological polar surface area (TPSA) is 68.3 Å². The molecule has 3 aromatic rings. The normalized spacial score (nSPS) is 26.3. The second-order valence-electron chi connectivity index (χ2n) is 8.01. The monoisotopic (exact) mass is 424 g/mol. The van der Waals surface area contributed by atoms with E-state index in [0.717, 1.165) is 43.3 Å². The lowest BCUT2D eigenvalue weighted by Gasteiger charge is -2.57.